The Morgan fingerprint density at radius 3 is 2.77 bits per heavy atom. The van der Waals surface area contributed by atoms with Gasteiger partial charge in [0, 0.05) is 19.1 Å². The van der Waals surface area contributed by atoms with E-state index in [4.69, 9.17) is 9.73 Å². The molecule has 1 rings (SSSR count). The van der Waals surface area contributed by atoms with Crippen LogP contribution >= 0.6 is 0 Å². The average Bonchev–Trinajstić information content (AvgIpc) is 2.46. The van der Waals surface area contributed by atoms with E-state index in [1.807, 2.05) is 0 Å². The molecule has 0 saturated carbocycles. The Morgan fingerprint density at radius 2 is 2.18 bits per heavy atom. The van der Waals surface area contributed by atoms with E-state index in [1.165, 1.54) is 12.0 Å². The maximum absolute atomic E-state index is 5.34. The number of guanidine groups is 1. The van der Waals surface area contributed by atoms with Crippen LogP contribution in [-0.4, -0.2) is 38.3 Å². The first-order valence-electron chi connectivity index (χ1n) is 8.71. The van der Waals surface area contributed by atoms with Gasteiger partial charge in [-0.25, -0.2) is 0 Å². The van der Waals surface area contributed by atoms with Gasteiger partial charge in [0.25, 0.3) is 0 Å². The Balaban J connectivity index is 2.38. The SMILES string of the molecule is CCNC(=NCCC1=CCOCC1)NC(C)CCC(C)(C)C. The average molecular weight is 309 g/mol. The molecule has 0 fully saturated rings. The summed E-state index contributed by atoms with van der Waals surface area (Å²) < 4.78 is 5.34. The number of nitrogens with one attached hydrogen (secondary N) is 2. The van der Waals surface area contributed by atoms with E-state index in [0.29, 0.717) is 11.5 Å². The van der Waals surface area contributed by atoms with Gasteiger partial charge in [-0.05, 0) is 44.9 Å². The van der Waals surface area contributed by atoms with Crippen LogP contribution in [0.25, 0.3) is 0 Å². The van der Waals surface area contributed by atoms with Crippen molar-refractivity contribution in [2.75, 3.05) is 26.3 Å². The first-order chi connectivity index (χ1) is 10.4. The van der Waals surface area contributed by atoms with Gasteiger partial charge in [-0.1, -0.05) is 32.4 Å². The van der Waals surface area contributed by atoms with Gasteiger partial charge in [0.1, 0.15) is 0 Å². The van der Waals surface area contributed by atoms with E-state index in [9.17, 15) is 0 Å². The van der Waals surface area contributed by atoms with E-state index in [-0.39, 0.29) is 0 Å². The second kappa shape index (κ2) is 9.88. The van der Waals surface area contributed by atoms with Crippen LogP contribution in [0.1, 0.15) is 60.3 Å². The van der Waals surface area contributed by atoms with Crippen LogP contribution in [0.4, 0.5) is 0 Å². The van der Waals surface area contributed by atoms with E-state index >= 15 is 0 Å². The smallest absolute Gasteiger partial charge is 0.191 e. The minimum atomic E-state index is 0.390. The number of hydrogen-bond donors (Lipinski definition) is 2. The van der Waals surface area contributed by atoms with Crippen molar-refractivity contribution in [3.8, 4) is 0 Å². The monoisotopic (exact) mass is 309 g/mol. The molecular formula is C18H35N3O. The predicted octanol–water partition coefficient (Wildman–Crippen LogP) is 3.49. The standard InChI is InChI=1S/C18H35N3O/c1-6-19-17(21-15(2)7-11-18(3,4)5)20-12-8-16-9-13-22-14-10-16/h9,15H,6-8,10-14H2,1-5H3,(H2,19,20,21). The molecule has 2 N–H and O–H groups in total. The molecule has 0 aliphatic carbocycles. The third-order valence-electron chi connectivity index (χ3n) is 3.81. The van der Waals surface area contributed by atoms with Crippen LogP contribution in [0.3, 0.4) is 0 Å². The van der Waals surface area contributed by atoms with Gasteiger partial charge in [-0.15, -0.1) is 0 Å². The molecule has 1 aliphatic rings. The highest BCUT2D eigenvalue weighted by molar-refractivity contribution is 5.80. The zero-order chi connectivity index (χ0) is 16.4. The lowest BCUT2D eigenvalue weighted by atomic mass is 9.89. The highest BCUT2D eigenvalue weighted by atomic mass is 16.5. The highest BCUT2D eigenvalue weighted by Gasteiger charge is 2.13. The van der Waals surface area contributed by atoms with Gasteiger partial charge in [0.05, 0.1) is 13.2 Å². The summed E-state index contributed by atoms with van der Waals surface area (Å²) >= 11 is 0. The minimum Gasteiger partial charge on any atom is -0.377 e. The molecule has 4 heteroatoms. The third kappa shape index (κ3) is 9.08. The van der Waals surface area contributed by atoms with Crippen LogP contribution < -0.4 is 10.6 Å². The first-order valence-corrected chi connectivity index (χ1v) is 8.71. The molecule has 1 heterocycles. The quantitative estimate of drug-likeness (QED) is 0.430. The largest absolute Gasteiger partial charge is 0.377 e. The Morgan fingerprint density at radius 1 is 1.41 bits per heavy atom. The Hall–Kier alpha value is -1.03. The van der Waals surface area contributed by atoms with Gasteiger partial charge in [0.15, 0.2) is 5.96 Å². The van der Waals surface area contributed by atoms with Gasteiger partial charge in [0.2, 0.25) is 0 Å². The van der Waals surface area contributed by atoms with Crippen LogP contribution in [0.5, 0.6) is 0 Å². The summed E-state index contributed by atoms with van der Waals surface area (Å²) in [6, 6.07) is 0.444. The van der Waals surface area contributed by atoms with Crippen LogP contribution in [0, 0.1) is 5.41 Å². The highest BCUT2D eigenvalue weighted by Crippen LogP contribution is 2.21. The Kier molecular flexibility index (Phi) is 8.54. The fraction of sp³-hybridized carbons (Fsp3) is 0.833. The van der Waals surface area contributed by atoms with Crippen LogP contribution in [0.15, 0.2) is 16.6 Å². The lowest BCUT2D eigenvalue weighted by molar-refractivity contribution is 0.153. The van der Waals surface area contributed by atoms with E-state index < -0.39 is 0 Å². The summed E-state index contributed by atoms with van der Waals surface area (Å²) in [7, 11) is 0. The lowest BCUT2D eigenvalue weighted by Gasteiger charge is -2.23. The summed E-state index contributed by atoms with van der Waals surface area (Å²) in [4.78, 5) is 4.70. The molecule has 0 bridgehead atoms. The fourth-order valence-electron chi connectivity index (χ4n) is 2.38. The molecular weight excluding hydrogens is 274 g/mol. The molecule has 0 spiro atoms. The van der Waals surface area contributed by atoms with Crippen molar-refractivity contribution in [2.24, 2.45) is 10.4 Å². The second-order valence-corrected chi connectivity index (χ2v) is 7.34. The minimum absolute atomic E-state index is 0.390. The molecule has 0 aromatic carbocycles. The summed E-state index contributed by atoms with van der Waals surface area (Å²) in [5, 5.41) is 6.87. The zero-order valence-corrected chi connectivity index (χ0v) is 15.2. The summed E-state index contributed by atoms with van der Waals surface area (Å²) in [6.07, 6.45) is 6.67. The Bertz CT molecular complexity index is 369. The molecule has 1 unspecified atom stereocenters. The van der Waals surface area contributed by atoms with Crippen molar-refractivity contribution in [1.29, 1.82) is 0 Å². The summed E-state index contributed by atoms with van der Waals surface area (Å²) in [5.41, 5.74) is 1.87. The fourth-order valence-corrected chi connectivity index (χ4v) is 2.38. The zero-order valence-electron chi connectivity index (χ0n) is 15.2. The van der Waals surface area contributed by atoms with Crippen LogP contribution in [0.2, 0.25) is 0 Å². The van der Waals surface area contributed by atoms with Crippen molar-refractivity contribution in [3.63, 3.8) is 0 Å². The molecule has 0 amide bonds. The molecule has 1 aliphatic heterocycles. The first kappa shape index (κ1) is 19.0. The molecule has 0 aromatic rings. The topological polar surface area (TPSA) is 45.7 Å². The van der Waals surface area contributed by atoms with Crippen molar-refractivity contribution in [2.45, 2.75) is 66.3 Å². The van der Waals surface area contributed by atoms with Gasteiger partial charge >= 0.3 is 0 Å². The molecule has 0 radical (unpaired) electrons. The molecule has 128 valence electrons. The van der Waals surface area contributed by atoms with E-state index in [1.54, 1.807) is 0 Å². The number of nitrogens with zero attached hydrogens (tertiary/aromatic N) is 1. The van der Waals surface area contributed by atoms with Crippen LogP contribution in [-0.2, 0) is 4.74 Å². The van der Waals surface area contributed by atoms with Crippen molar-refractivity contribution in [1.82, 2.24) is 10.6 Å². The van der Waals surface area contributed by atoms with Gasteiger partial charge < -0.3 is 15.4 Å². The van der Waals surface area contributed by atoms with Crippen molar-refractivity contribution >= 4 is 5.96 Å². The summed E-state index contributed by atoms with van der Waals surface area (Å²) in [6.45, 7) is 14.6. The molecule has 0 saturated heterocycles. The number of aliphatic imine (C=N–C) groups is 1. The Labute approximate surface area is 136 Å². The number of hydrogen-bond acceptors (Lipinski definition) is 2. The molecule has 1 atom stereocenters. The van der Waals surface area contributed by atoms with E-state index in [0.717, 1.165) is 51.5 Å². The van der Waals surface area contributed by atoms with E-state index in [2.05, 4.69) is 51.3 Å². The normalized spacial score (nSPS) is 17.9. The number of rotatable bonds is 7. The lowest BCUT2D eigenvalue weighted by Crippen LogP contribution is -2.42. The third-order valence-corrected chi connectivity index (χ3v) is 3.81. The molecule has 22 heavy (non-hydrogen) atoms. The predicted molar refractivity (Wildman–Crippen MR) is 95.4 cm³/mol. The number of ether oxygens (including phenoxy) is 1. The molecule has 4 nitrogen and oxygen atoms in total. The summed E-state index contributed by atoms with van der Waals surface area (Å²) in [5.74, 6) is 0.941. The second-order valence-electron chi connectivity index (χ2n) is 7.34. The van der Waals surface area contributed by atoms with Crippen molar-refractivity contribution in [3.05, 3.63) is 11.6 Å². The maximum atomic E-state index is 5.34. The maximum Gasteiger partial charge on any atom is 0.191 e. The molecule has 0 aromatic heterocycles. The van der Waals surface area contributed by atoms with Gasteiger partial charge in [-0.3, -0.25) is 4.99 Å². The van der Waals surface area contributed by atoms with Crippen molar-refractivity contribution < 1.29 is 4.74 Å². The van der Waals surface area contributed by atoms with Gasteiger partial charge in [-0.2, -0.15) is 0 Å².